The standard InChI is InChI=1S/C19H26N4O2/c1-4-6-18(25)23-12-15(9-14(23)3)21-17(24)10-16-11-20-19-13(2)7-5-8-22(16)19/h5,7-8,11,14-15H,4,6,9-10,12H2,1-3H3,(H,21,24). The third-order valence-electron chi connectivity index (χ3n) is 4.87. The highest BCUT2D eigenvalue weighted by molar-refractivity contribution is 5.80. The van der Waals surface area contributed by atoms with E-state index < -0.39 is 0 Å². The lowest BCUT2D eigenvalue weighted by molar-refractivity contribution is -0.132. The molecule has 0 aromatic carbocycles. The third kappa shape index (κ3) is 3.67. The van der Waals surface area contributed by atoms with Gasteiger partial charge in [-0.25, -0.2) is 4.98 Å². The predicted molar refractivity (Wildman–Crippen MR) is 96.3 cm³/mol. The molecule has 2 aromatic rings. The fourth-order valence-corrected chi connectivity index (χ4v) is 3.62. The van der Waals surface area contributed by atoms with Crippen LogP contribution in [0.5, 0.6) is 0 Å². The molecule has 1 aliphatic heterocycles. The van der Waals surface area contributed by atoms with Crippen molar-refractivity contribution in [3.05, 3.63) is 35.8 Å². The number of aromatic nitrogens is 2. The van der Waals surface area contributed by atoms with Gasteiger partial charge in [0, 0.05) is 37.4 Å². The van der Waals surface area contributed by atoms with Gasteiger partial charge in [0.1, 0.15) is 5.65 Å². The van der Waals surface area contributed by atoms with Crippen molar-refractivity contribution in [1.82, 2.24) is 19.6 Å². The molecule has 25 heavy (non-hydrogen) atoms. The van der Waals surface area contributed by atoms with Gasteiger partial charge < -0.3 is 14.6 Å². The lowest BCUT2D eigenvalue weighted by Gasteiger charge is -2.21. The number of fused-ring (bicyclic) bond motifs is 1. The van der Waals surface area contributed by atoms with Crippen LogP contribution >= 0.6 is 0 Å². The van der Waals surface area contributed by atoms with Gasteiger partial charge in [-0.1, -0.05) is 13.0 Å². The second-order valence-electron chi connectivity index (χ2n) is 6.96. The zero-order chi connectivity index (χ0) is 18.0. The van der Waals surface area contributed by atoms with E-state index in [0.29, 0.717) is 19.4 Å². The van der Waals surface area contributed by atoms with Gasteiger partial charge in [0.15, 0.2) is 0 Å². The van der Waals surface area contributed by atoms with E-state index in [1.54, 1.807) is 6.20 Å². The Kier molecular flexibility index (Phi) is 5.06. The minimum atomic E-state index is -0.0229. The van der Waals surface area contributed by atoms with Crippen LogP contribution in [0.25, 0.3) is 5.65 Å². The van der Waals surface area contributed by atoms with Crippen molar-refractivity contribution >= 4 is 17.5 Å². The van der Waals surface area contributed by atoms with Crippen molar-refractivity contribution in [2.24, 2.45) is 0 Å². The maximum atomic E-state index is 12.4. The zero-order valence-electron chi connectivity index (χ0n) is 15.2. The van der Waals surface area contributed by atoms with Gasteiger partial charge in [-0.15, -0.1) is 0 Å². The number of carbonyl (C=O) groups excluding carboxylic acids is 2. The Labute approximate surface area is 148 Å². The number of carbonyl (C=O) groups is 2. The summed E-state index contributed by atoms with van der Waals surface area (Å²) < 4.78 is 1.96. The molecule has 2 unspecified atom stereocenters. The fraction of sp³-hybridized carbons (Fsp3) is 0.526. The molecule has 2 atom stereocenters. The van der Waals surface area contributed by atoms with E-state index in [2.05, 4.69) is 10.3 Å². The summed E-state index contributed by atoms with van der Waals surface area (Å²) in [5, 5.41) is 3.08. The van der Waals surface area contributed by atoms with Gasteiger partial charge >= 0.3 is 0 Å². The van der Waals surface area contributed by atoms with Crippen LogP contribution in [-0.2, 0) is 16.0 Å². The van der Waals surface area contributed by atoms with Crippen LogP contribution in [0.4, 0.5) is 0 Å². The first-order valence-electron chi connectivity index (χ1n) is 9.00. The fourth-order valence-electron chi connectivity index (χ4n) is 3.62. The number of likely N-dealkylation sites (tertiary alicyclic amines) is 1. The van der Waals surface area contributed by atoms with E-state index in [1.165, 1.54) is 0 Å². The molecule has 1 N–H and O–H groups in total. The van der Waals surface area contributed by atoms with E-state index in [-0.39, 0.29) is 23.9 Å². The quantitative estimate of drug-likeness (QED) is 0.905. The molecule has 3 heterocycles. The van der Waals surface area contributed by atoms with Gasteiger partial charge in [0.2, 0.25) is 11.8 Å². The number of pyridine rings is 1. The van der Waals surface area contributed by atoms with Crippen molar-refractivity contribution in [3.63, 3.8) is 0 Å². The topological polar surface area (TPSA) is 66.7 Å². The summed E-state index contributed by atoms with van der Waals surface area (Å²) in [6.45, 7) is 6.68. The lowest BCUT2D eigenvalue weighted by atomic mass is 10.2. The van der Waals surface area contributed by atoms with Crippen molar-refractivity contribution in [2.75, 3.05) is 6.54 Å². The molecule has 0 aliphatic carbocycles. The van der Waals surface area contributed by atoms with Gasteiger partial charge in [-0.05, 0) is 38.3 Å². The SMILES string of the molecule is CCCC(=O)N1CC(NC(=O)Cc2cnc3c(C)cccn23)CC1C. The van der Waals surface area contributed by atoms with E-state index in [0.717, 1.165) is 29.7 Å². The van der Waals surface area contributed by atoms with E-state index >= 15 is 0 Å². The first kappa shape index (κ1) is 17.5. The van der Waals surface area contributed by atoms with Crippen LogP contribution in [0.3, 0.4) is 0 Å². The van der Waals surface area contributed by atoms with Crippen molar-refractivity contribution in [3.8, 4) is 0 Å². The van der Waals surface area contributed by atoms with Crippen LogP contribution in [0.15, 0.2) is 24.5 Å². The molecule has 0 radical (unpaired) electrons. The lowest BCUT2D eigenvalue weighted by Crippen LogP contribution is -2.39. The van der Waals surface area contributed by atoms with Crippen LogP contribution in [0.2, 0.25) is 0 Å². The highest BCUT2D eigenvalue weighted by atomic mass is 16.2. The molecule has 3 rings (SSSR count). The number of aryl methyl sites for hydroxylation is 1. The molecule has 2 amide bonds. The summed E-state index contributed by atoms with van der Waals surface area (Å²) >= 11 is 0. The minimum absolute atomic E-state index is 0.0229. The van der Waals surface area contributed by atoms with Crippen LogP contribution in [0.1, 0.15) is 44.4 Å². The number of amides is 2. The van der Waals surface area contributed by atoms with Crippen molar-refractivity contribution in [1.29, 1.82) is 0 Å². The number of nitrogens with zero attached hydrogens (tertiary/aromatic N) is 3. The first-order valence-corrected chi connectivity index (χ1v) is 9.00. The Balaban J connectivity index is 1.61. The molecule has 1 saturated heterocycles. The van der Waals surface area contributed by atoms with Crippen molar-refractivity contribution < 1.29 is 9.59 Å². The Hall–Kier alpha value is -2.37. The maximum Gasteiger partial charge on any atom is 0.226 e. The predicted octanol–water partition coefficient (Wildman–Crippen LogP) is 2.09. The molecule has 1 aliphatic rings. The second-order valence-corrected chi connectivity index (χ2v) is 6.96. The van der Waals surface area contributed by atoms with Gasteiger partial charge in [0.25, 0.3) is 0 Å². The molecule has 2 aromatic heterocycles. The number of imidazole rings is 1. The number of nitrogens with one attached hydrogen (secondary N) is 1. The highest BCUT2D eigenvalue weighted by Gasteiger charge is 2.32. The molecule has 6 heteroatoms. The average Bonchev–Trinajstić information content (AvgIpc) is 3.12. The summed E-state index contributed by atoms with van der Waals surface area (Å²) in [6, 6.07) is 4.18. The van der Waals surface area contributed by atoms with Crippen LogP contribution < -0.4 is 5.32 Å². The first-order chi connectivity index (χ1) is 12.0. The smallest absolute Gasteiger partial charge is 0.226 e. The van der Waals surface area contributed by atoms with Crippen LogP contribution in [-0.4, -0.2) is 44.7 Å². The maximum absolute atomic E-state index is 12.4. The summed E-state index contributed by atoms with van der Waals surface area (Å²) in [5.41, 5.74) is 2.85. The molecule has 0 saturated carbocycles. The van der Waals surface area contributed by atoms with Gasteiger partial charge in [0.05, 0.1) is 12.1 Å². The largest absolute Gasteiger partial charge is 0.351 e. The van der Waals surface area contributed by atoms with E-state index in [4.69, 9.17) is 0 Å². The third-order valence-corrected chi connectivity index (χ3v) is 4.87. The Bertz CT molecular complexity index is 783. The van der Waals surface area contributed by atoms with Crippen molar-refractivity contribution in [2.45, 2.75) is 58.5 Å². The Morgan fingerprint density at radius 1 is 1.40 bits per heavy atom. The summed E-state index contributed by atoms with van der Waals surface area (Å²) in [7, 11) is 0. The molecular weight excluding hydrogens is 316 g/mol. The molecule has 1 fully saturated rings. The molecule has 134 valence electrons. The molecule has 0 spiro atoms. The zero-order valence-corrected chi connectivity index (χ0v) is 15.2. The monoisotopic (exact) mass is 342 g/mol. The highest BCUT2D eigenvalue weighted by Crippen LogP contribution is 2.19. The Morgan fingerprint density at radius 3 is 2.96 bits per heavy atom. The normalized spacial score (nSPS) is 20.2. The number of hydrogen-bond acceptors (Lipinski definition) is 3. The van der Waals surface area contributed by atoms with Gasteiger partial charge in [-0.3, -0.25) is 9.59 Å². The molecule has 0 bridgehead atoms. The number of rotatable bonds is 5. The average molecular weight is 342 g/mol. The summed E-state index contributed by atoms with van der Waals surface area (Å²) in [4.78, 5) is 30.9. The minimum Gasteiger partial charge on any atom is -0.351 e. The molecular formula is C19H26N4O2. The summed E-state index contributed by atoms with van der Waals surface area (Å²) in [6.07, 6.45) is 6.22. The Morgan fingerprint density at radius 2 is 2.20 bits per heavy atom. The van der Waals surface area contributed by atoms with Crippen LogP contribution in [0, 0.1) is 6.92 Å². The number of hydrogen-bond donors (Lipinski definition) is 1. The summed E-state index contributed by atoms with van der Waals surface area (Å²) in [5.74, 6) is 0.161. The second kappa shape index (κ2) is 7.25. The van der Waals surface area contributed by atoms with E-state index in [1.807, 2.05) is 48.4 Å². The van der Waals surface area contributed by atoms with Gasteiger partial charge in [-0.2, -0.15) is 0 Å². The van der Waals surface area contributed by atoms with E-state index in [9.17, 15) is 9.59 Å². The molecule has 6 nitrogen and oxygen atoms in total.